The summed E-state index contributed by atoms with van der Waals surface area (Å²) in [5.74, 6) is -0.866. The van der Waals surface area contributed by atoms with Crippen molar-refractivity contribution in [3.05, 3.63) is 88.7 Å². The molecule has 0 aliphatic rings. The van der Waals surface area contributed by atoms with Gasteiger partial charge in [0.05, 0.1) is 17.8 Å². The number of halogens is 2. The summed E-state index contributed by atoms with van der Waals surface area (Å²) in [6, 6.07) is 18.9. The molecule has 0 spiro atoms. The molecule has 0 aliphatic carbocycles. The van der Waals surface area contributed by atoms with Gasteiger partial charge in [-0.05, 0) is 60.2 Å². The number of amides is 2. The van der Waals surface area contributed by atoms with Crippen molar-refractivity contribution in [3.8, 4) is 17.6 Å². The molecule has 0 aromatic heterocycles. The molecule has 2 N–H and O–H groups in total. The number of methoxy groups -OCH3 is 1. The monoisotopic (exact) mass is 479 g/mol. The highest BCUT2D eigenvalue weighted by Gasteiger charge is 2.12. The Morgan fingerprint density at radius 3 is 2.47 bits per heavy atom. The molecule has 0 aliphatic heterocycles. The predicted octanol–water partition coefficient (Wildman–Crippen LogP) is 5.05. The Balaban J connectivity index is 1.63. The topological polar surface area (TPSA) is 100 Å². The minimum Gasteiger partial charge on any atom is -0.497 e. The smallest absolute Gasteiger partial charge is 0.266 e. The van der Waals surface area contributed by atoms with E-state index in [2.05, 4.69) is 10.6 Å². The number of anilines is 2. The summed E-state index contributed by atoms with van der Waals surface area (Å²) in [6.45, 7) is -0.392. The first-order valence-corrected chi connectivity index (χ1v) is 10.3. The summed E-state index contributed by atoms with van der Waals surface area (Å²) in [7, 11) is 1.53. The van der Waals surface area contributed by atoms with Crippen molar-refractivity contribution in [3.63, 3.8) is 0 Å². The van der Waals surface area contributed by atoms with Gasteiger partial charge < -0.3 is 20.1 Å². The fourth-order valence-corrected chi connectivity index (χ4v) is 3.05. The Bertz CT molecular complexity index is 1270. The molecule has 0 saturated carbocycles. The first kappa shape index (κ1) is 24.3. The molecule has 7 nitrogen and oxygen atoms in total. The summed E-state index contributed by atoms with van der Waals surface area (Å²) in [6.07, 6.45) is 1.37. The van der Waals surface area contributed by atoms with Crippen LogP contribution in [0.15, 0.2) is 72.3 Å². The Morgan fingerprint density at radius 1 is 1.09 bits per heavy atom. The summed E-state index contributed by atoms with van der Waals surface area (Å²) in [5, 5.41) is 14.6. The maximum atomic E-state index is 13.6. The largest absolute Gasteiger partial charge is 0.497 e. The van der Waals surface area contributed by atoms with Crippen LogP contribution in [0.25, 0.3) is 6.08 Å². The average molecular weight is 480 g/mol. The van der Waals surface area contributed by atoms with Crippen LogP contribution in [0.1, 0.15) is 5.56 Å². The highest BCUT2D eigenvalue weighted by molar-refractivity contribution is 6.32. The molecule has 0 saturated heterocycles. The highest BCUT2D eigenvalue weighted by atomic mass is 35.5. The van der Waals surface area contributed by atoms with Gasteiger partial charge in [0.25, 0.3) is 11.8 Å². The lowest BCUT2D eigenvalue weighted by Crippen LogP contribution is -2.20. The van der Waals surface area contributed by atoms with E-state index in [1.165, 1.54) is 43.5 Å². The lowest BCUT2D eigenvalue weighted by Gasteiger charge is -2.10. The van der Waals surface area contributed by atoms with E-state index in [1.54, 1.807) is 36.4 Å². The Labute approximate surface area is 200 Å². The van der Waals surface area contributed by atoms with E-state index in [4.69, 9.17) is 21.1 Å². The van der Waals surface area contributed by atoms with E-state index in [0.29, 0.717) is 17.0 Å². The number of nitrogens with zero attached hydrogens (tertiary/aromatic N) is 1. The van der Waals surface area contributed by atoms with Crippen molar-refractivity contribution in [2.24, 2.45) is 0 Å². The van der Waals surface area contributed by atoms with Gasteiger partial charge in [-0.2, -0.15) is 5.26 Å². The summed E-state index contributed by atoms with van der Waals surface area (Å²) >= 11 is 6.22. The normalized spacial score (nSPS) is 10.7. The molecule has 2 amide bonds. The van der Waals surface area contributed by atoms with Crippen molar-refractivity contribution in [1.29, 1.82) is 5.26 Å². The fourth-order valence-electron chi connectivity index (χ4n) is 2.80. The van der Waals surface area contributed by atoms with E-state index in [-0.39, 0.29) is 22.0 Å². The molecular formula is C25H19ClFN3O4. The third kappa shape index (κ3) is 6.58. The minimum absolute atomic E-state index is 0.0413. The third-order valence-electron chi connectivity index (χ3n) is 4.49. The minimum atomic E-state index is -0.589. The predicted molar refractivity (Wildman–Crippen MR) is 127 cm³/mol. The quantitative estimate of drug-likeness (QED) is 0.348. The van der Waals surface area contributed by atoms with Gasteiger partial charge in [-0.3, -0.25) is 9.59 Å². The first-order valence-electron chi connectivity index (χ1n) is 9.93. The molecule has 0 heterocycles. The average Bonchev–Trinajstić information content (AvgIpc) is 2.83. The highest BCUT2D eigenvalue weighted by Crippen LogP contribution is 2.27. The van der Waals surface area contributed by atoms with Crippen LogP contribution in [0.2, 0.25) is 5.02 Å². The molecule has 0 fully saturated rings. The van der Waals surface area contributed by atoms with Gasteiger partial charge in [0, 0.05) is 5.69 Å². The fraction of sp³-hybridized carbons (Fsp3) is 0.0800. The maximum Gasteiger partial charge on any atom is 0.266 e. The number of para-hydroxylation sites is 1. The lowest BCUT2D eigenvalue weighted by atomic mass is 10.1. The van der Waals surface area contributed by atoms with E-state index < -0.39 is 24.2 Å². The van der Waals surface area contributed by atoms with Gasteiger partial charge in [0.15, 0.2) is 6.61 Å². The second-order valence-corrected chi connectivity index (χ2v) is 7.27. The zero-order valence-corrected chi connectivity index (χ0v) is 18.7. The second kappa shape index (κ2) is 11.5. The molecule has 34 heavy (non-hydrogen) atoms. The number of hydrogen-bond donors (Lipinski definition) is 2. The Hall–Kier alpha value is -4.35. The van der Waals surface area contributed by atoms with E-state index in [0.717, 1.165) is 0 Å². The van der Waals surface area contributed by atoms with Gasteiger partial charge in [-0.15, -0.1) is 0 Å². The van der Waals surface area contributed by atoms with Crippen LogP contribution in [0.5, 0.6) is 11.5 Å². The number of rotatable bonds is 8. The van der Waals surface area contributed by atoms with Crippen LogP contribution < -0.4 is 20.1 Å². The van der Waals surface area contributed by atoms with Crippen molar-refractivity contribution < 1.29 is 23.5 Å². The molecule has 0 unspecified atom stereocenters. The summed E-state index contributed by atoms with van der Waals surface area (Å²) in [5.41, 5.74) is 0.890. The SMILES string of the molecule is COc1ccc(NC(=O)C(C#N)=Cc2ccc(OCC(=O)Nc3ccccc3F)c(Cl)c2)cc1. The van der Waals surface area contributed by atoms with Crippen molar-refractivity contribution in [2.75, 3.05) is 24.4 Å². The van der Waals surface area contributed by atoms with Gasteiger partial charge in [0.2, 0.25) is 0 Å². The number of ether oxygens (including phenoxy) is 2. The molecular weight excluding hydrogens is 461 g/mol. The van der Waals surface area contributed by atoms with Gasteiger partial charge in [-0.1, -0.05) is 29.8 Å². The van der Waals surface area contributed by atoms with E-state index >= 15 is 0 Å². The summed E-state index contributed by atoms with van der Waals surface area (Å²) in [4.78, 5) is 24.5. The number of hydrogen-bond acceptors (Lipinski definition) is 5. The van der Waals surface area contributed by atoms with E-state index in [9.17, 15) is 19.2 Å². The van der Waals surface area contributed by atoms with Crippen LogP contribution >= 0.6 is 11.6 Å². The molecule has 9 heteroatoms. The molecule has 3 aromatic carbocycles. The van der Waals surface area contributed by atoms with Crippen LogP contribution in [-0.4, -0.2) is 25.5 Å². The standard InChI is InChI=1S/C25H19ClFN3O4/c1-33-19-9-7-18(8-10-19)29-25(32)17(14-28)12-16-6-11-23(20(26)13-16)34-15-24(31)30-22-5-3-2-4-21(22)27/h2-13H,15H2,1H3,(H,29,32)(H,30,31). The second-order valence-electron chi connectivity index (χ2n) is 6.86. The number of carbonyl (C=O) groups excluding carboxylic acids is 2. The van der Waals surface area contributed by atoms with Crippen LogP contribution in [0.3, 0.4) is 0 Å². The van der Waals surface area contributed by atoms with Crippen molar-refractivity contribution in [2.45, 2.75) is 0 Å². The zero-order chi connectivity index (χ0) is 24.5. The first-order chi connectivity index (χ1) is 16.4. The summed E-state index contributed by atoms with van der Waals surface area (Å²) < 4.78 is 24.1. The molecule has 3 rings (SSSR count). The number of nitrogens with one attached hydrogen (secondary N) is 2. The van der Waals surface area contributed by atoms with Crippen molar-refractivity contribution >= 4 is 40.9 Å². The van der Waals surface area contributed by atoms with Gasteiger partial charge in [-0.25, -0.2) is 4.39 Å². The Morgan fingerprint density at radius 2 is 1.82 bits per heavy atom. The number of benzene rings is 3. The molecule has 0 radical (unpaired) electrons. The molecule has 0 bridgehead atoms. The van der Waals surface area contributed by atoms with Crippen LogP contribution in [0.4, 0.5) is 15.8 Å². The number of carbonyl (C=O) groups is 2. The molecule has 3 aromatic rings. The maximum absolute atomic E-state index is 13.6. The number of nitriles is 1. The molecule has 172 valence electrons. The van der Waals surface area contributed by atoms with Crippen LogP contribution in [0, 0.1) is 17.1 Å². The van der Waals surface area contributed by atoms with Crippen LogP contribution in [-0.2, 0) is 9.59 Å². The zero-order valence-electron chi connectivity index (χ0n) is 18.0. The van der Waals surface area contributed by atoms with Gasteiger partial charge >= 0.3 is 0 Å². The van der Waals surface area contributed by atoms with Gasteiger partial charge in [0.1, 0.15) is 29.0 Å². The Kier molecular flexibility index (Phi) is 8.21. The lowest BCUT2D eigenvalue weighted by molar-refractivity contribution is -0.118. The third-order valence-corrected chi connectivity index (χ3v) is 4.78. The van der Waals surface area contributed by atoms with Crippen molar-refractivity contribution in [1.82, 2.24) is 0 Å². The molecule has 0 atom stereocenters. The van der Waals surface area contributed by atoms with E-state index in [1.807, 2.05) is 6.07 Å².